The van der Waals surface area contributed by atoms with E-state index < -0.39 is 81.0 Å². The summed E-state index contributed by atoms with van der Waals surface area (Å²) in [5.74, 6) is -46.3. The average Bonchev–Trinajstić information content (AvgIpc) is 2.42. The van der Waals surface area contributed by atoms with Crippen LogP contribution in [0, 0.1) is 0 Å². The van der Waals surface area contributed by atoms with Crippen LogP contribution in [0.2, 0.25) is 0 Å². The van der Waals surface area contributed by atoms with Gasteiger partial charge in [0.2, 0.25) is 0 Å². The molecule has 0 aromatic rings. The number of hydrogen-bond donors (Lipinski definition) is 0. The van der Waals surface area contributed by atoms with Crippen LogP contribution in [-0.4, -0.2) is 68.2 Å². The molecule has 0 unspecified atom stereocenters. The molecule has 0 bridgehead atoms. The van der Waals surface area contributed by atoms with Crippen LogP contribution < -0.4 is 0 Å². The van der Waals surface area contributed by atoms with Crippen LogP contribution >= 0.6 is 0 Å². The predicted molar refractivity (Wildman–Crippen MR) is 59.9 cm³/mol. The Morgan fingerprint density at radius 3 is 0.964 bits per heavy atom. The molecule has 0 aliphatic carbocycles. The predicted octanol–water partition coefficient (Wildman–Crippen LogP) is 5.10. The summed E-state index contributed by atoms with van der Waals surface area (Å²) < 4.78 is 211. The summed E-state index contributed by atoms with van der Waals surface area (Å²) in [6.45, 7) is 0. The summed E-state index contributed by atoms with van der Waals surface area (Å²) in [6.07, 6.45) is -12.0. The van der Waals surface area contributed by atoms with E-state index >= 15 is 0 Å². The molecule has 0 N–H and O–H groups in total. The van der Waals surface area contributed by atoms with Crippen LogP contribution in [0.15, 0.2) is 0 Å². The van der Waals surface area contributed by atoms with E-state index in [0.717, 1.165) is 0 Å². The Balaban J connectivity index is 6.32. The monoisotopic (exact) mass is 570 g/mol. The van der Waals surface area contributed by atoms with Crippen LogP contribution in [0.1, 0.15) is 12.8 Å². The molecule has 0 radical (unpaired) electrons. The molecule has 0 aliphatic heterocycles. The van der Waals surface area contributed by atoms with Crippen molar-refractivity contribution in [1.29, 1.82) is 0 Å². The molecule has 170 valence electrons. The summed E-state index contributed by atoms with van der Waals surface area (Å²) in [7, 11) is 0. The van der Waals surface area contributed by atoms with Crippen molar-refractivity contribution in [2.75, 3.05) is 0 Å². The molecule has 18 heteroatoms. The number of alkyl halides is 17. The first-order valence-corrected chi connectivity index (χ1v) is 9.27. The van der Waals surface area contributed by atoms with Gasteiger partial charge in [0.15, 0.2) is 0 Å². The van der Waals surface area contributed by atoms with Crippen LogP contribution in [0.3, 0.4) is 0 Å². The first kappa shape index (κ1) is 27.6. The topological polar surface area (TPSA) is 0 Å². The molecule has 0 amide bonds. The van der Waals surface area contributed by atoms with Crippen molar-refractivity contribution in [1.82, 2.24) is 0 Å². The second kappa shape index (κ2) is 7.09. The Bertz CT molecular complexity index is 553. The maximum absolute atomic E-state index is 13.2. The van der Waals surface area contributed by atoms with Gasteiger partial charge in [0.1, 0.15) is 0 Å². The average molecular weight is 569 g/mol. The zero-order valence-electron chi connectivity index (χ0n) is 12.8. The van der Waals surface area contributed by atoms with Gasteiger partial charge < -0.3 is 0 Å². The van der Waals surface area contributed by atoms with Gasteiger partial charge in [-0.3, -0.25) is 0 Å². The summed E-state index contributed by atoms with van der Waals surface area (Å²) in [5.41, 5.74) is 0. The van der Waals surface area contributed by atoms with Crippen molar-refractivity contribution >= 4 is 22.5 Å². The second-order valence-electron chi connectivity index (χ2n) is 5.58. The molecule has 0 aromatic heterocycles. The van der Waals surface area contributed by atoms with Crippen molar-refractivity contribution in [3.8, 4) is 0 Å². The third-order valence-electron chi connectivity index (χ3n) is 3.31. The van der Waals surface area contributed by atoms with E-state index in [4.69, 9.17) is 0 Å². The second-order valence-corrected chi connectivity index (χ2v) is 9.16. The van der Waals surface area contributed by atoms with E-state index in [-0.39, 0.29) is 0 Å². The van der Waals surface area contributed by atoms with Gasteiger partial charge in [-0.25, -0.2) is 0 Å². The third kappa shape index (κ3) is 4.22. The summed E-state index contributed by atoms with van der Waals surface area (Å²) in [6, 6.07) is 0. The van der Waals surface area contributed by atoms with Crippen molar-refractivity contribution in [2.45, 2.75) is 58.5 Å². The molecule has 0 saturated heterocycles. The Morgan fingerprint density at radius 2 is 0.679 bits per heavy atom. The minimum absolute atomic E-state index is 2.98. The van der Waals surface area contributed by atoms with Crippen LogP contribution in [0.4, 0.5) is 74.6 Å². The van der Waals surface area contributed by atoms with Crippen molar-refractivity contribution < 1.29 is 74.6 Å². The van der Waals surface area contributed by atoms with Gasteiger partial charge >= 0.3 is 156 Å². The van der Waals surface area contributed by atoms with Gasteiger partial charge in [-0.2, -0.15) is 0 Å². The van der Waals surface area contributed by atoms with Gasteiger partial charge in [0.05, 0.1) is 0 Å². The van der Waals surface area contributed by atoms with Gasteiger partial charge in [-0.15, -0.1) is 0 Å². The number of hydrogen-bond acceptors (Lipinski definition) is 0. The Kier molecular flexibility index (Phi) is 6.99. The van der Waals surface area contributed by atoms with Crippen molar-refractivity contribution in [3.05, 3.63) is 0 Å². The first-order chi connectivity index (χ1) is 11.7. The SMILES string of the molecule is FC(F)(F)CCC(F)(F)C(F)(F)C(F)(F)C(F)(F)C(F)(F)C(F)(F)[C](F)(F)[SnH3]. The molecule has 0 saturated carbocycles. The Morgan fingerprint density at radius 1 is 0.393 bits per heavy atom. The normalized spacial score (nSPS) is 16.6. The Hall–Kier alpha value is -0.391. The molecule has 0 nitrogen and oxygen atoms in total. The molecule has 28 heavy (non-hydrogen) atoms. The zero-order valence-corrected chi connectivity index (χ0v) is 18.5. The molecule has 0 spiro atoms. The molecule has 0 heterocycles. The van der Waals surface area contributed by atoms with Crippen molar-refractivity contribution in [2.24, 2.45) is 0 Å². The molecular formula is C10H7F17Sn. The zero-order chi connectivity index (χ0) is 23.4. The number of rotatable bonds is 8. The molecule has 0 atom stereocenters. The summed E-state index contributed by atoms with van der Waals surface area (Å²) in [4.78, 5) is 0. The molecule has 0 fully saturated rings. The van der Waals surface area contributed by atoms with Gasteiger partial charge in [0, 0.05) is 0 Å². The van der Waals surface area contributed by atoms with Gasteiger partial charge in [0.25, 0.3) is 0 Å². The van der Waals surface area contributed by atoms with Gasteiger partial charge in [-0.1, -0.05) is 0 Å². The van der Waals surface area contributed by atoms with E-state index in [1.54, 1.807) is 0 Å². The fourth-order valence-electron chi connectivity index (χ4n) is 1.55. The first-order valence-electron chi connectivity index (χ1n) is 6.42. The van der Waals surface area contributed by atoms with E-state index in [1.165, 1.54) is 0 Å². The third-order valence-corrected chi connectivity index (χ3v) is 5.10. The number of halogens is 17. The standard InChI is InChI=1S/C10H4F17.Sn.3H/c11-3(12)6(18,19)8(22,23)10(26,27)9(24,25)7(20,21)4(13,14)1-2-5(15,16)17;;;;/h1-2H2;;;;. The molecule has 0 rings (SSSR count). The summed E-state index contributed by atoms with van der Waals surface area (Å²) in [5, 5.41) is 0. The molecule has 0 aliphatic rings. The van der Waals surface area contributed by atoms with Crippen LogP contribution in [-0.2, 0) is 0 Å². The van der Waals surface area contributed by atoms with Gasteiger partial charge in [-0.05, 0) is 0 Å². The van der Waals surface area contributed by atoms with E-state index in [1.807, 2.05) is 0 Å². The maximum atomic E-state index is 13.2. The fraction of sp³-hybridized carbons (Fsp3) is 1.00. The molecule has 0 aromatic carbocycles. The Labute approximate surface area is 156 Å². The van der Waals surface area contributed by atoms with E-state index in [9.17, 15) is 74.6 Å². The van der Waals surface area contributed by atoms with E-state index in [0.29, 0.717) is 0 Å². The minimum atomic E-state index is -8.22. The molecular weight excluding hydrogens is 562 g/mol. The fourth-order valence-corrected chi connectivity index (χ4v) is 2.45. The quantitative estimate of drug-likeness (QED) is 0.282. The summed E-state index contributed by atoms with van der Waals surface area (Å²) >= 11 is -3.00. The van der Waals surface area contributed by atoms with Crippen LogP contribution in [0.5, 0.6) is 0 Å². The van der Waals surface area contributed by atoms with Crippen LogP contribution in [0.25, 0.3) is 0 Å². The van der Waals surface area contributed by atoms with Crippen molar-refractivity contribution in [3.63, 3.8) is 0 Å². The van der Waals surface area contributed by atoms with E-state index in [2.05, 4.69) is 0 Å².